The molecule has 0 atom stereocenters. The number of methoxy groups -OCH3 is 1. The Hall–Kier alpha value is -2.36. The number of benzene rings is 1. The average molecular weight is 256 g/mol. The highest BCUT2D eigenvalue weighted by atomic mass is 16.5. The largest absolute Gasteiger partial charge is 0.496 e. The number of hydrogen-bond donors (Lipinski definition) is 0. The Bertz CT molecular complexity index is 594. The maximum Gasteiger partial charge on any atom is 0.255 e. The van der Waals surface area contributed by atoms with Crippen LogP contribution in [0.3, 0.4) is 0 Å². The van der Waals surface area contributed by atoms with Crippen LogP contribution in [-0.4, -0.2) is 37.0 Å². The first-order chi connectivity index (χ1) is 9.15. The molecule has 4 heteroatoms. The van der Waals surface area contributed by atoms with E-state index in [0.29, 0.717) is 17.0 Å². The number of nitrogens with zero attached hydrogens (tertiary/aromatic N) is 2. The standard InChI is InChI=1S/C15H16N2O2/c1-17(2)15(18)12-8-6-10-16-14(12)11-7-4-5-9-13(11)19-3/h4-10H,1-3H3. The lowest BCUT2D eigenvalue weighted by Crippen LogP contribution is -2.22. The minimum absolute atomic E-state index is 0.0750. The summed E-state index contributed by atoms with van der Waals surface area (Å²) in [5, 5.41) is 0. The highest BCUT2D eigenvalue weighted by Gasteiger charge is 2.17. The van der Waals surface area contributed by atoms with Gasteiger partial charge in [-0.15, -0.1) is 0 Å². The normalized spacial score (nSPS) is 10.1. The van der Waals surface area contributed by atoms with E-state index in [1.807, 2.05) is 24.3 Å². The fourth-order valence-electron chi connectivity index (χ4n) is 1.87. The number of ether oxygens (including phenoxy) is 1. The zero-order chi connectivity index (χ0) is 13.8. The number of para-hydroxylation sites is 1. The summed E-state index contributed by atoms with van der Waals surface area (Å²) in [6.45, 7) is 0. The van der Waals surface area contributed by atoms with Crippen LogP contribution in [0.4, 0.5) is 0 Å². The van der Waals surface area contributed by atoms with Gasteiger partial charge in [-0.2, -0.15) is 0 Å². The van der Waals surface area contributed by atoms with Gasteiger partial charge < -0.3 is 9.64 Å². The van der Waals surface area contributed by atoms with E-state index in [4.69, 9.17) is 4.74 Å². The highest BCUT2D eigenvalue weighted by molar-refractivity contribution is 6.00. The van der Waals surface area contributed by atoms with Crippen LogP contribution in [0.1, 0.15) is 10.4 Å². The monoisotopic (exact) mass is 256 g/mol. The zero-order valence-electron chi connectivity index (χ0n) is 11.3. The lowest BCUT2D eigenvalue weighted by molar-refractivity contribution is 0.0828. The summed E-state index contributed by atoms with van der Waals surface area (Å²) < 4.78 is 5.33. The third-order valence-corrected chi connectivity index (χ3v) is 2.81. The summed E-state index contributed by atoms with van der Waals surface area (Å²) in [4.78, 5) is 18.1. The minimum atomic E-state index is -0.0750. The molecule has 98 valence electrons. The topological polar surface area (TPSA) is 42.4 Å². The third-order valence-electron chi connectivity index (χ3n) is 2.81. The van der Waals surface area contributed by atoms with E-state index < -0.39 is 0 Å². The van der Waals surface area contributed by atoms with Crippen molar-refractivity contribution in [3.63, 3.8) is 0 Å². The molecule has 0 radical (unpaired) electrons. The number of amides is 1. The third kappa shape index (κ3) is 2.57. The quantitative estimate of drug-likeness (QED) is 0.847. The van der Waals surface area contributed by atoms with Crippen LogP contribution >= 0.6 is 0 Å². The van der Waals surface area contributed by atoms with E-state index in [1.54, 1.807) is 39.5 Å². The van der Waals surface area contributed by atoms with Crippen molar-refractivity contribution in [1.29, 1.82) is 0 Å². The summed E-state index contributed by atoms with van der Waals surface area (Å²) in [5.41, 5.74) is 2.02. The van der Waals surface area contributed by atoms with Crippen molar-refractivity contribution in [3.05, 3.63) is 48.2 Å². The predicted molar refractivity (Wildman–Crippen MR) is 74.2 cm³/mol. The van der Waals surface area contributed by atoms with Gasteiger partial charge in [-0.05, 0) is 24.3 Å². The van der Waals surface area contributed by atoms with Crippen molar-refractivity contribution in [1.82, 2.24) is 9.88 Å². The summed E-state index contributed by atoms with van der Waals surface area (Å²) in [6, 6.07) is 11.1. The van der Waals surface area contributed by atoms with Crippen molar-refractivity contribution in [2.45, 2.75) is 0 Å². The van der Waals surface area contributed by atoms with Crippen molar-refractivity contribution < 1.29 is 9.53 Å². The Kier molecular flexibility index (Phi) is 3.80. The molecule has 19 heavy (non-hydrogen) atoms. The molecule has 0 bridgehead atoms. The molecular weight excluding hydrogens is 240 g/mol. The Balaban J connectivity index is 2.60. The first-order valence-corrected chi connectivity index (χ1v) is 5.95. The maximum absolute atomic E-state index is 12.2. The second-order valence-corrected chi connectivity index (χ2v) is 4.30. The molecule has 0 fully saturated rings. The van der Waals surface area contributed by atoms with E-state index in [1.165, 1.54) is 4.90 Å². The van der Waals surface area contributed by atoms with Crippen molar-refractivity contribution in [2.75, 3.05) is 21.2 Å². The molecule has 4 nitrogen and oxygen atoms in total. The fraction of sp³-hybridized carbons (Fsp3) is 0.200. The van der Waals surface area contributed by atoms with Crippen LogP contribution in [0.25, 0.3) is 11.3 Å². The van der Waals surface area contributed by atoms with E-state index in [2.05, 4.69) is 4.98 Å². The molecule has 1 aromatic carbocycles. The van der Waals surface area contributed by atoms with Gasteiger partial charge in [0.2, 0.25) is 0 Å². The molecule has 0 saturated heterocycles. The van der Waals surface area contributed by atoms with Gasteiger partial charge in [-0.3, -0.25) is 9.78 Å². The number of rotatable bonds is 3. The van der Waals surface area contributed by atoms with Crippen LogP contribution in [-0.2, 0) is 0 Å². The first kappa shape index (κ1) is 13.1. The van der Waals surface area contributed by atoms with Crippen molar-refractivity contribution >= 4 is 5.91 Å². The molecule has 0 saturated carbocycles. The second-order valence-electron chi connectivity index (χ2n) is 4.30. The zero-order valence-corrected chi connectivity index (χ0v) is 11.3. The Morgan fingerprint density at radius 2 is 1.89 bits per heavy atom. The van der Waals surface area contributed by atoms with Crippen LogP contribution in [0.5, 0.6) is 5.75 Å². The number of aromatic nitrogens is 1. The molecule has 0 aliphatic heterocycles. The molecule has 1 aromatic heterocycles. The Morgan fingerprint density at radius 1 is 1.16 bits per heavy atom. The van der Waals surface area contributed by atoms with E-state index >= 15 is 0 Å². The maximum atomic E-state index is 12.2. The molecule has 0 N–H and O–H groups in total. The van der Waals surface area contributed by atoms with E-state index in [9.17, 15) is 4.79 Å². The SMILES string of the molecule is COc1ccccc1-c1ncccc1C(=O)N(C)C. The van der Waals surface area contributed by atoms with Gasteiger partial charge in [-0.1, -0.05) is 12.1 Å². The molecule has 2 aromatic rings. The first-order valence-electron chi connectivity index (χ1n) is 5.95. The smallest absolute Gasteiger partial charge is 0.255 e. The van der Waals surface area contributed by atoms with Gasteiger partial charge in [0.05, 0.1) is 18.4 Å². The molecule has 0 aliphatic rings. The lowest BCUT2D eigenvalue weighted by atomic mass is 10.0. The summed E-state index contributed by atoms with van der Waals surface area (Å²) in [5.74, 6) is 0.628. The van der Waals surface area contributed by atoms with E-state index in [0.717, 1.165) is 5.56 Å². The lowest BCUT2D eigenvalue weighted by Gasteiger charge is -2.14. The number of pyridine rings is 1. The van der Waals surface area contributed by atoms with Crippen LogP contribution in [0.15, 0.2) is 42.6 Å². The summed E-state index contributed by atoms with van der Waals surface area (Å²) in [7, 11) is 5.05. The average Bonchev–Trinajstić information content (AvgIpc) is 2.46. The van der Waals surface area contributed by atoms with Gasteiger partial charge in [-0.25, -0.2) is 0 Å². The Morgan fingerprint density at radius 3 is 2.58 bits per heavy atom. The van der Waals surface area contributed by atoms with E-state index in [-0.39, 0.29) is 5.91 Å². The molecular formula is C15H16N2O2. The van der Waals surface area contributed by atoms with Gasteiger partial charge in [0, 0.05) is 25.9 Å². The summed E-state index contributed by atoms with van der Waals surface area (Å²) >= 11 is 0. The number of carbonyl (C=O) groups excluding carboxylic acids is 1. The highest BCUT2D eigenvalue weighted by Crippen LogP contribution is 2.30. The van der Waals surface area contributed by atoms with Crippen molar-refractivity contribution in [2.24, 2.45) is 0 Å². The van der Waals surface area contributed by atoms with Crippen LogP contribution in [0, 0.1) is 0 Å². The second kappa shape index (κ2) is 5.52. The molecule has 0 unspecified atom stereocenters. The van der Waals surface area contributed by atoms with Crippen LogP contribution < -0.4 is 4.74 Å². The molecule has 0 aliphatic carbocycles. The van der Waals surface area contributed by atoms with Gasteiger partial charge >= 0.3 is 0 Å². The van der Waals surface area contributed by atoms with Gasteiger partial charge in [0.15, 0.2) is 0 Å². The number of hydrogen-bond acceptors (Lipinski definition) is 3. The van der Waals surface area contributed by atoms with Gasteiger partial charge in [0.25, 0.3) is 5.91 Å². The van der Waals surface area contributed by atoms with Crippen molar-refractivity contribution in [3.8, 4) is 17.0 Å². The molecule has 2 rings (SSSR count). The predicted octanol–water partition coefficient (Wildman–Crippen LogP) is 2.46. The summed E-state index contributed by atoms with van der Waals surface area (Å²) in [6.07, 6.45) is 1.67. The minimum Gasteiger partial charge on any atom is -0.496 e. The molecule has 1 amide bonds. The molecule has 0 spiro atoms. The molecule has 1 heterocycles. The Labute approximate surface area is 112 Å². The van der Waals surface area contributed by atoms with Crippen LogP contribution in [0.2, 0.25) is 0 Å². The fourth-order valence-corrected chi connectivity index (χ4v) is 1.87. The van der Waals surface area contributed by atoms with Gasteiger partial charge in [0.1, 0.15) is 5.75 Å². The number of carbonyl (C=O) groups is 1.